The number of fused-ring (bicyclic) bond motifs is 2. The Morgan fingerprint density at radius 3 is 2.86 bits per heavy atom. The van der Waals surface area contributed by atoms with Gasteiger partial charge in [0.25, 0.3) is 0 Å². The zero-order chi connectivity index (χ0) is 24.3. The van der Waals surface area contributed by atoms with Crippen LogP contribution in [0.4, 0.5) is 11.5 Å². The minimum Gasteiger partial charge on any atom is -0.457 e. The Balaban J connectivity index is 1.17. The highest BCUT2D eigenvalue weighted by molar-refractivity contribution is 7.20. The summed E-state index contributed by atoms with van der Waals surface area (Å²) in [4.78, 5) is 16.6. The summed E-state index contributed by atoms with van der Waals surface area (Å²) in [6, 6.07) is 14.0. The van der Waals surface area contributed by atoms with Crippen LogP contribution >= 0.6 is 22.7 Å². The van der Waals surface area contributed by atoms with Crippen LogP contribution in [-0.4, -0.2) is 52.7 Å². The third-order valence-electron chi connectivity index (χ3n) is 5.90. The first-order chi connectivity index (χ1) is 17.7. The number of thiazole rings is 1. The number of morpholine rings is 1. The molecule has 0 radical (unpaired) electrons. The fourth-order valence-electron chi connectivity index (χ4n) is 4.01. The van der Waals surface area contributed by atoms with Crippen LogP contribution in [0.5, 0.6) is 11.5 Å². The molecule has 4 heterocycles. The average molecular weight is 514 g/mol. The molecule has 0 amide bonds. The summed E-state index contributed by atoms with van der Waals surface area (Å²) in [7, 11) is 0. The molecule has 180 valence electrons. The first-order valence-corrected chi connectivity index (χ1v) is 13.3. The number of rotatable bonds is 5. The molecule has 0 aliphatic carbocycles. The molecular formula is C27H23N5O2S2. The summed E-state index contributed by atoms with van der Waals surface area (Å²) >= 11 is 3.23. The predicted octanol–water partition coefficient (Wildman–Crippen LogP) is 5.83. The van der Waals surface area contributed by atoms with Gasteiger partial charge in [-0.05, 0) is 48.9 Å². The van der Waals surface area contributed by atoms with Crippen molar-refractivity contribution in [3.63, 3.8) is 0 Å². The Hall–Kier alpha value is -3.55. The summed E-state index contributed by atoms with van der Waals surface area (Å²) < 4.78 is 13.7. The Bertz CT molecular complexity index is 1590. The van der Waals surface area contributed by atoms with E-state index in [0.29, 0.717) is 0 Å². The normalized spacial score (nSPS) is 14.0. The Labute approximate surface area is 216 Å². The van der Waals surface area contributed by atoms with Gasteiger partial charge in [-0.2, -0.15) is 0 Å². The highest BCUT2D eigenvalue weighted by Crippen LogP contribution is 2.33. The molecule has 9 heteroatoms. The fourth-order valence-corrected chi connectivity index (χ4v) is 5.60. The monoisotopic (exact) mass is 513 g/mol. The topological polar surface area (TPSA) is 72.4 Å². The van der Waals surface area contributed by atoms with Crippen molar-refractivity contribution in [3.8, 4) is 23.3 Å². The lowest BCUT2D eigenvalue weighted by molar-refractivity contribution is 0.0443. The number of anilines is 2. The molecule has 5 aromatic rings. The lowest BCUT2D eigenvalue weighted by Gasteiger charge is -2.24. The molecule has 1 aliphatic heterocycles. The molecule has 0 atom stereocenters. The SMILES string of the molecule is Cc1cc(Nc2ncnc3cc(C#CCN4CCOCC4)sc23)ccc1Oc1ccc2scnc2c1. The maximum atomic E-state index is 6.13. The van der Waals surface area contributed by atoms with Crippen molar-refractivity contribution in [1.29, 1.82) is 0 Å². The van der Waals surface area contributed by atoms with Crippen LogP contribution in [0.25, 0.3) is 20.4 Å². The highest BCUT2D eigenvalue weighted by atomic mass is 32.1. The number of nitrogens with zero attached hydrogens (tertiary/aromatic N) is 4. The van der Waals surface area contributed by atoms with Crippen molar-refractivity contribution in [3.05, 3.63) is 64.7 Å². The van der Waals surface area contributed by atoms with E-state index in [1.807, 2.05) is 48.8 Å². The Morgan fingerprint density at radius 2 is 1.97 bits per heavy atom. The van der Waals surface area contributed by atoms with E-state index in [1.165, 1.54) is 0 Å². The molecule has 36 heavy (non-hydrogen) atoms. The fraction of sp³-hybridized carbons (Fsp3) is 0.222. The number of hydrogen-bond donors (Lipinski definition) is 1. The van der Waals surface area contributed by atoms with Gasteiger partial charge in [0.05, 0.1) is 50.6 Å². The maximum Gasteiger partial charge on any atom is 0.151 e. The molecule has 1 N–H and O–H groups in total. The first kappa shape index (κ1) is 22.9. The van der Waals surface area contributed by atoms with E-state index in [1.54, 1.807) is 29.0 Å². The highest BCUT2D eigenvalue weighted by Gasteiger charge is 2.11. The van der Waals surface area contributed by atoms with Crippen molar-refractivity contribution in [1.82, 2.24) is 19.9 Å². The number of benzene rings is 2. The van der Waals surface area contributed by atoms with Crippen LogP contribution < -0.4 is 10.1 Å². The van der Waals surface area contributed by atoms with E-state index in [0.717, 1.165) is 86.7 Å². The van der Waals surface area contributed by atoms with E-state index in [4.69, 9.17) is 9.47 Å². The van der Waals surface area contributed by atoms with Gasteiger partial charge in [-0.1, -0.05) is 11.8 Å². The zero-order valence-corrected chi connectivity index (χ0v) is 21.3. The van der Waals surface area contributed by atoms with Gasteiger partial charge in [-0.15, -0.1) is 22.7 Å². The van der Waals surface area contributed by atoms with Gasteiger partial charge in [0, 0.05) is 24.8 Å². The summed E-state index contributed by atoms with van der Waals surface area (Å²) in [5, 5.41) is 3.45. The van der Waals surface area contributed by atoms with E-state index in [-0.39, 0.29) is 0 Å². The molecule has 6 rings (SSSR count). The van der Waals surface area contributed by atoms with Crippen molar-refractivity contribution < 1.29 is 9.47 Å². The van der Waals surface area contributed by atoms with Gasteiger partial charge < -0.3 is 14.8 Å². The van der Waals surface area contributed by atoms with Crippen molar-refractivity contribution >= 4 is 54.6 Å². The van der Waals surface area contributed by atoms with Crippen LogP contribution in [0, 0.1) is 18.8 Å². The standard InChI is InChI=1S/C27H23N5O2S2/c1-18-13-19(4-6-24(18)34-20-5-7-25-22(14-20)30-17-35-25)31-27-26-23(28-16-29-27)15-21(36-26)3-2-8-32-9-11-33-12-10-32/h4-7,13-17H,8-12H2,1H3,(H,28,29,31). The second-order valence-electron chi connectivity index (χ2n) is 8.43. The molecular weight excluding hydrogens is 490 g/mol. The Morgan fingerprint density at radius 1 is 1.06 bits per heavy atom. The lowest BCUT2D eigenvalue weighted by Crippen LogP contribution is -2.36. The van der Waals surface area contributed by atoms with E-state index in [9.17, 15) is 0 Å². The first-order valence-electron chi connectivity index (χ1n) is 11.6. The smallest absolute Gasteiger partial charge is 0.151 e. The summed E-state index contributed by atoms with van der Waals surface area (Å²) in [5.41, 5.74) is 5.64. The maximum absolute atomic E-state index is 6.13. The van der Waals surface area contributed by atoms with Crippen molar-refractivity contribution in [2.24, 2.45) is 0 Å². The number of thiophene rings is 1. The van der Waals surface area contributed by atoms with E-state index < -0.39 is 0 Å². The van der Waals surface area contributed by atoms with Crippen LogP contribution in [0.2, 0.25) is 0 Å². The van der Waals surface area contributed by atoms with Gasteiger partial charge >= 0.3 is 0 Å². The molecule has 2 aromatic carbocycles. The molecule has 3 aromatic heterocycles. The second kappa shape index (κ2) is 10.2. The minimum absolute atomic E-state index is 0.750. The number of nitrogens with one attached hydrogen (secondary N) is 1. The summed E-state index contributed by atoms with van der Waals surface area (Å²) in [6.07, 6.45) is 1.58. The second-order valence-corrected chi connectivity index (χ2v) is 10.4. The van der Waals surface area contributed by atoms with E-state index >= 15 is 0 Å². The molecule has 0 unspecified atom stereocenters. The van der Waals surface area contributed by atoms with Crippen LogP contribution in [0.3, 0.4) is 0 Å². The summed E-state index contributed by atoms with van der Waals surface area (Å²) in [5.74, 6) is 8.93. The van der Waals surface area contributed by atoms with Crippen LogP contribution in [0.1, 0.15) is 10.4 Å². The lowest BCUT2D eigenvalue weighted by atomic mass is 10.2. The van der Waals surface area contributed by atoms with E-state index in [2.05, 4.69) is 43.1 Å². The molecule has 0 saturated carbocycles. The number of aromatic nitrogens is 3. The molecule has 0 bridgehead atoms. The van der Waals surface area contributed by atoms with Gasteiger partial charge in [0.2, 0.25) is 0 Å². The quantitative estimate of drug-likeness (QED) is 0.297. The van der Waals surface area contributed by atoms with Gasteiger partial charge in [-0.3, -0.25) is 4.90 Å². The Kier molecular flexibility index (Phi) is 6.49. The molecule has 0 spiro atoms. The largest absolute Gasteiger partial charge is 0.457 e. The number of hydrogen-bond acceptors (Lipinski definition) is 9. The predicted molar refractivity (Wildman–Crippen MR) is 146 cm³/mol. The van der Waals surface area contributed by atoms with Gasteiger partial charge in [-0.25, -0.2) is 15.0 Å². The molecule has 1 fully saturated rings. The van der Waals surface area contributed by atoms with Crippen LogP contribution in [0.15, 0.2) is 54.3 Å². The summed E-state index contributed by atoms with van der Waals surface area (Å²) in [6.45, 7) is 6.22. The van der Waals surface area contributed by atoms with Crippen LogP contribution in [-0.2, 0) is 4.74 Å². The van der Waals surface area contributed by atoms with Gasteiger partial charge in [0.1, 0.15) is 17.8 Å². The third-order valence-corrected chi connectivity index (χ3v) is 7.75. The van der Waals surface area contributed by atoms with Crippen molar-refractivity contribution in [2.45, 2.75) is 6.92 Å². The number of aryl methyl sites for hydroxylation is 1. The molecule has 1 aliphatic rings. The van der Waals surface area contributed by atoms with Gasteiger partial charge in [0.15, 0.2) is 5.82 Å². The third kappa shape index (κ3) is 5.03. The molecule has 7 nitrogen and oxygen atoms in total. The average Bonchev–Trinajstić information content (AvgIpc) is 3.53. The number of ether oxygens (including phenoxy) is 2. The minimum atomic E-state index is 0.750. The van der Waals surface area contributed by atoms with Crippen molar-refractivity contribution in [2.75, 3.05) is 38.2 Å². The zero-order valence-electron chi connectivity index (χ0n) is 19.7. The molecule has 1 saturated heterocycles.